The van der Waals surface area contributed by atoms with Gasteiger partial charge < -0.3 is 14.6 Å². The summed E-state index contributed by atoms with van der Waals surface area (Å²) in [4.78, 5) is 4.12. The van der Waals surface area contributed by atoms with Gasteiger partial charge in [-0.15, -0.1) is 0 Å². The van der Waals surface area contributed by atoms with Gasteiger partial charge in [-0.3, -0.25) is 0 Å². The van der Waals surface area contributed by atoms with E-state index < -0.39 is 0 Å². The standard InChI is InChI=1S/C13H23N3O/c1-11(2)12(8-14-5-6-17-4)7-13-9-15-10-16(13)3/h7,9-11,14H,5-6,8H2,1-4H3. The Morgan fingerprint density at radius 1 is 1.59 bits per heavy atom. The highest BCUT2D eigenvalue weighted by Gasteiger charge is 2.04. The van der Waals surface area contributed by atoms with Crippen molar-refractivity contribution in [2.75, 3.05) is 26.8 Å². The molecule has 0 aliphatic heterocycles. The van der Waals surface area contributed by atoms with Crippen molar-refractivity contribution >= 4 is 6.08 Å². The average molecular weight is 237 g/mol. The Labute approximate surface area is 104 Å². The van der Waals surface area contributed by atoms with Crippen molar-refractivity contribution in [2.24, 2.45) is 13.0 Å². The predicted octanol–water partition coefficient (Wildman–Crippen LogP) is 1.70. The minimum absolute atomic E-state index is 0.528. The average Bonchev–Trinajstić information content (AvgIpc) is 2.68. The molecule has 1 heterocycles. The SMILES string of the molecule is COCCNCC(=Cc1cncn1C)C(C)C. The molecule has 1 N–H and O–H groups in total. The van der Waals surface area contributed by atoms with Gasteiger partial charge in [0.05, 0.1) is 24.8 Å². The van der Waals surface area contributed by atoms with Crippen LogP contribution in [0.4, 0.5) is 0 Å². The molecule has 0 atom stereocenters. The second-order valence-electron chi connectivity index (χ2n) is 4.47. The Morgan fingerprint density at radius 2 is 2.35 bits per heavy atom. The van der Waals surface area contributed by atoms with E-state index in [0.717, 1.165) is 25.4 Å². The van der Waals surface area contributed by atoms with Gasteiger partial charge in [-0.2, -0.15) is 0 Å². The maximum atomic E-state index is 5.01. The van der Waals surface area contributed by atoms with E-state index in [-0.39, 0.29) is 0 Å². The van der Waals surface area contributed by atoms with Crippen LogP contribution < -0.4 is 5.32 Å². The zero-order valence-corrected chi connectivity index (χ0v) is 11.2. The maximum Gasteiger partial charge on any atom is 0.0948 e. The second kappa shape index (κ2) is 7.25. The fourth-order valence-electron chi connectivity index (χ4n) is 1.53. The van der Waals surface area contributed by atoms with Crippen LogP contribution in [-0.2, 0) is 11.8 Å². The first-order chi connectivity index (χ1) is 8.15. The molecule has 0 unspecified atom stereocenters. The lowest BCUT2D eigenvalue weighted by Gasteiger charge is -2.13. The Bertz CT molecular complexity index is 355. The Kier molecular flexibility index (Phi) is 5.94. The molecule has 1 aromatic rings. The fraction of sp³-hybridized carbons (Fsp3) is 0.615. The van der Waals surface area contributed by atoms with Crippen LogP contribution in [0.3, 0.4) is 0 Å². The van der Waals surface area contributed by atoms with Crippen molar-refractivity contribution in [3.63, 3.8) is 0 Å². The van der Waals surface area contributed by atoms with Gasteiger partial charge in [-0.05, 0) is 12.0 Å². The molecule has 0 aromatic carbocycles. The molecule has 0 radical (unpaired) electrons. The van der Waals surface area contributed by atoms with Gasteiger partial charge in [0, 0.05) is 27.2 Å². The monoisotopic (exact) mass is 237 g/mol. The van der Waals surface area contributed by atoms with E-state index in [1.165, 1.54) is 5.57 Å². The molecule has 1 rings (SSSR count). The van der Waals surface area contributed by atoms with E-state index in [0.29, 0.717) is 5.92 Å². The number of aryl methyl sites for hydroxylation is 1. The van der Waals surface area contributed by atoms with Crippen molar-refractivity contribution in [3.05, 3.63) is 23.8 Å². The van der Waals surface area contributed by atoms with Crippen LogP contribution >= 0.6 is 0 Å². The van der Waals surface area contributed by atoms with Gasteiger partial charge in [0.2, 0.25) is 0 Å². The summed E-state index contributed by atoms with van der Waals surface area (Å²) in [6.45, 7) is 6.94. The van der Waals surface area contributed by atoms with Crippen LogP contribution in [0.25, 0.3) is 6.08 Å². The Morgan fingerprint density at radius 3 is 2.88 bits per heavy atom. The molecule has 0 bridgehead atoms. The Hall–Kier alpha value is -1.13. The first-order valence-electron chi connectivity index (χ1n) is 6.01. The molecule has 0 fully saturated rings. The third-order valence-corrected chi connectivity index (χ3v) is 2.74. The third-order valence-electron chi connectivity index (χ3n) is 2.74. The summed E-state index contributed by atoms with van der Waals surface area (Å²) in [6, 6.07) is 0. The van der Waals surface area contributed by atoms with Crippen molar-refractivity contribution in [2.45, 2.75) is 13.8 Å². The molecule has 1 aromatic heterocycles. The van der Waals surface area contributed by atoms with Gasteiger partial charge in [0.15, 0.2) is 0 Å². The van der Waals surface area contributed by atoms with E-state index in [4.69, 9.17) is 4.74 Å². The molecule has 0 aliphatic rings. The van der Waals surface area contributed by atoms with Crippen LogP contribution in [-0.4, -0.2) is 36.4 Å². The van der Waals surface area contributed by atoms with Crippen molar-refractivity contribution in [3.8, 4) is 0 Å². The summed E-state index contributed by atoms with van der Waals surface area (Å²) in [7, 11) is 3.73. The summed E-state index contributed by atoms with van der Waals surface area (Å²) in [5.74, 6) is 0.528. The van der Waals surface area contributed by atoms with Crippen LogP contribution in [0.15, 0.2) is 18.1 Å². The highest BCUT2D eigenvalue weighted by molar-refractivity contribution is 5.49. The molecule has 96 valence electrons. The molecular weight excluding hydrogens is 214 g/mol. The van der Waals surface area contributed by atoms with Crippen molar-refractivity contribution in [1.82, 2.24) is 14.9 Å². The normalized spacial score (nSPS) is 12.4. The number of rotatable bonds is 7. The summed E-state index contributed by atoms with van der Waals surface area (Å²) in [5, 5.41) is 3.38. The van der Waals surface area contributed by atoms with E-state index in [1.807, 2.05) is 24.1 Å². The smallest absolute Gasteiger partial charge is 0.0948 e. The first-order valence-corrected chi connectivity index (χ1v) is 6.01. The summed E-state index contributed by atoms with van der Waals surface area (Å²) < 4.78 is 7.04. The van der Waals surface area contributed by atoms with E-state index in [9.17, 15) is 0 Å². The predicted molar refractivity (Wildman–Crippen MR) is 70.8 cm³/mol. The maximum absolute atomic E-state index is 5.01. The van der Waals surface area contributed by atoms with Gasteiger partial charge in [0.25, 0.3) is 0 Å². The zero-order valence-electron chi connectivity index (χ0n) is 11.2. The van der Waals surface area contributed by atoms with Crippen LogP contribution in [0.1, 0.15) is 19.5 Å². The zero-order chi connectivity index (χ0) is 12.7. The minimum atomic E-state index is 0.528. The largest absolute Gasteiger partial charge is 0.383 e. The molecular formula is C13H23N3O. The highest BCUT2D eigenvalue weighted by Crippen LogP contribution is 2.13. The number of methoxy groups -OCH3 is 1. The molecule has 0 saturated heterocycles. The summed E-state index contributed by atoms with van der Waals surface area (Å²) in [5.41, 5.74) is 2.52. The van der Waals surface area contributed by atoms with Crippen LogP contribution in [0.5, 0.6) is 0 Å². The molecule has 0 saturated carbocycles. The quantitative estimate of drug-likeness (QED) is 0.734. The van der Waals surface area contributed by atoms with Gasteiger partial charge in [-0.25, -0.2) is 4.98 Å². The fourth-order valence-corrected chi connectivity index (χ4v) is 1.53. The summed E-state index contributed by atoms with van der Waals surface area (Å²) >= 11 is 0. The lowest BCUT2D eigenvalue weighted by atomic mass is 10.0. The lowest BCUT2D eigenvalue weighted by Crippen LogP contribution is -2.23. The lowest BCUT2D eigenvalue weighted by molar-refractivity contribution is 0.200. The second-order valence-corrected chi connectivity index (χ2v) is 4.47. The minimum Gasteiger partial charge on any atom is -0.383 e. The van der Waals surface area contributed by atoms with E-state index in [1.54, 1.807) is 7.11 Å². The molecule has 0 amide bonds. The van der Waals surface area contributed by atoms with Gasteiger partial charge in [0.1, 0.15) is 0 Å². The third kappa shape index (κ3) is 4.71. The van der Waals surface area contributed by atoms with E-state index in [2.05, 4.69) is 30.2 Å². The number of ether oxygens (including phenoxy) is 1. The van der Waals surface area contributed by atoms with Gasteiger partial charge in [-0.1, -0.05) is 19.4 Å². The van der Waals surface area contributed by atoms with Gasteiger partial charge >= 0.3 is 0 Å². The number of nitrogens with one attached hydrogen (secondary N) is 1. The molecule has 4 heteroatoms. The topological polar surface area (TPSA) is 39.1 Å². The molecule has 4 nitrogen and oxygen atoms in total. The van der Waals surface area contributed by atoms with Crippen LogP contribution in [0.2, 0.25) is 0 Å². The van der Waals surface area contributed by atoms with Crippen molar-refractivity contribution < 1.29 is 4.74 Å². The van der Waals surface area contributed by atoms with E-state index >= 15 is 0 Å². The number of nitrogens with zero attached hydrogens (tertiary/aromatic N) is 2. The number of hydrogen-bond donors (Lipinski definition) is 1. The van der Waals surface area contributed by atoms with Crippen molar-refractivity contribution in [1.29, 1.82) is 0 Å². The summed E-state index contributed by atoms with van der Waals surface area (Å²) in [6.07, 6.45) is 5.91. The molecule has 0 aliphatic carbocycles. The number of imidazole rings is 1. The number of hydrogen-bond acceptors (Lipinski definition) is 3. The molecule has 0 spiro atoms. The Balaban J connectivity index is 2.60. The first kappa shape index (κ1) is 13.9. The highest BCUT2D eigenvalue weighted by atomic mass is 16.5. The molecule has 17 heavy (non-hydrogen) atoms. The number of aromatic nitrogens is 2. The van der Waals surface area contributed by atoms with Crippen LogP contribution in [0, 0.1) is 5.92 Å².